The summed E-state index contributed by atoms with van der Waals surface area (Å²) in [6, 6.07) is 8.00. The van der Waals surface area contributed by atoms with Crippen LogP contribution in [0.15, 0.2) is 30.5 Å². The minimum atomic E-state index is -0.149. The van der Waals surface area contributed by atoms with Crippen molar-refractivity contribution in [3.8, 4) is 0 Å². The molecular weight excluding hydrogens is 274 g/mol. The number of aromatic nitrogens is 1. The van der Waals surface area contributed by atoms with E-state index in [0.29, 0.717) is 5.69 Å². The topological polar surface area (TPSA) is 54.0 Å². The summed E-state index contributed by atoms with van der Waals surface area (Å²) in [4.78, 5) is 16.1. The number of nitrogens with one attached hydrogen (secondary N) is 2. The van der Waals surface area contributed by atoms with Gasteiger partial charge in [0.1, 0.15) is 5.69 Å². The molecule has 22 heavy (non-hydrogen) atoms. The monoisotopic (exact) mass is 297 g/mol. The smallest absolute Gasteiger partial charge is 0.270 e. The van der Waals surface area contributed by atoms with E-state index in [2.05, 4.69) is 48.5 Å². The zero-order valence-electron chi connectivity index (χ0n) is 13.8. The second-order valence-electron chi connectivity index (χ2n) is 5.96. The molecule has 1 aromatic carbocycles. The fourth-order valence-corrected chi connectivity index (χ4v) is 2.46. The molecule has 2 N–H and O–H groups in total. The summed E-state index contributed by atoms with van der Waals surface area (Å²) < 4.78 is 0. The summed E-state index contributed by atoms with van der Waals surface area (Å²) in [7, 11) is 0. The van der Waals surface area contributed by atoms with Gasteiger partial charge in [-0.2, -0.15) is 0 Å². The van der Waals surface area contributed by atoms with Crippen molar-refractivity contribution in [2.75, 3.05) is 5.32 Å². The van der Waals surface area contributed by atoms with Crippen LogP contribution in [0.5, 0.6) is 0 Å². The van der Waals surface area contributed by atoms with E-state index in [9.17, 15) is 4.79 Å². The van der Waals surface area contributed by atoms with Crippen LogP contribution < -0.4 is 10.6 Å². The van der Waals surface area contributed by atoms with Crippen LogP contribution in [0.2, 0.25) is 0 Å². The molecule has 0 aliphatic rings. The van der Waals surface area contributed by atoms with Gasteiger partial charge in [-0.05, 0) is 57.9 Å². The Morgan fingerprint density at radius 1 is 1.09 bits per heavy atom. The molecule has 0 fully saturated rings. The molecular formula is C18H23N3O. The Bertz CT molecular complexity index is 652. The van der Waals surface area contributed by atoms with Crippen molar-refractivity contribution < 1.29 is 4.79 Å². The average molecular weight is 297 g/mol. The fraction of sp³-hybridized carbons (Fsp3) is 0.333. The van der Waals surface area contributed by atoms with Crippen molar-refractivity contribution in [3.63, 3.8) is 0 Å². The van der Waals surface area contributed by atoms with Crippen molar-refractivity contribution in [1.29, 1.82) is 0 Å². The SMILES string of the molecule is Cc1cc(C)c(Nc2ccc(C(=O)NC(C)C)nc2)c(C)c1. The normalized spacial score (nSPS) is 10.6. The number of amides is 1. The number of rotatable bonds is 4. The van der Waals surface area contributed by atoms with Gasteiger partial charge in [0, 0.05) is 11.7 Å². The van der Waals surface area contributed by atoms with Gasteiger partial charge in [0.15, 0.2) is 0 Å². The van der Waals surface area contributed by atoms with Crippen LogP contribution in [0.3, 0.4) is 0 Å². The Morgan fingerprint density at radius 2 is 1.73 bits per heavy atom. The number of nitrogens with zero attached hydrogens (tertiary/aromatic N) is 1. The number of carbonyl (C=O) groups is 1. The summed E-state index contributed by atoms with van der Waals surface area (Å²) in [5.41, 5.74) is 6.03. The molecule has 4 heteroatoms. The molecule has 1 heterocycles. The average Bonchev–Trinajstić information content (AvgIpc) is 2.42. The van der Waals surface area contributed by atoms with Crippen molar-refractivity contribution in [3.05, 3.63) is 52.8 Å². The van der Waals surface area contributed by atoms with Gasteiger partial charge in [-0.25, -0.2) is 4.98 Å². The molecule has 0 aliphatic carbocycles. The lowest BCUT2D eigenvalue weighted by atomic mass is 10.0. The maximum Gasteiger partial charge on any atom is 0.270 e. The van der Waals surface area contributed by atoms with Crippen LogP contribution in [0, 0.1) is 20.8 Å². The number of pyridine rings is 1. The first-order chi connectivity index (χ1) is 10.4. The Balaban J connectivity index is 2.17. The van der Waals surface area contributed by atoms with E-state index in [0.717, 1.165) is 11.4 Å². The molecule has 4 nitrogen and oxygen atoms in total. The number of aryl methyl sites for hydroxylation is 3. The highest BCUT2D eigenvalue weighted by Gasteiger charge is 2.09. The molecule has 1 amide bonds. The molecule has 0 spiro atoms. The molecule has 0 saturated heterocycles. The van der Waals surface area contributed by atoms with Crippen molar-refractivity contribution >= 4 is 17.3 Å². The van der Waals surface area contributed by atoms with E-state index in [-0.39, 0.29) is 11.9 Å². The Kier molecular flexibility index (Phi) is 4.81. The summed E-state index contributed by atoms with van der Waals surface area (Å²) in [6.07, 6.45) is 1.69. The quantitative estimate of drug-likeness (QED) is 0.900. The molecule has 0 radical (unpaired) electrons. The maximum absolute atomic E-state index is 11.9. The van der Waals surface area contributed by atoms with Crippen molar-refractivity contribution in [1.82, 2.24) is 10.3 Å². The Morgan fingerprint density at radius 3 is 2.23 bits per heavy atom. The predicted molar refractivity (Wildman–Crippen MR) is 90.8 cm³/mol. The minimum absolute atomic E-state index is 0.102. The van der Waals surface area contributed by atoms with Crippen LogP contribution in [-0.4, -0.2) is 16.9 Å². The zero-order chi connectivity index (χ0) is 16.3. The molecule has 0 saturated carbocycles. The number of benzene rings is 1. The summed E-state index contributed by atoms with van der Waals surface area (Å²) in [6.45, 7) is 10.1. The lowest BCUT2D eigenvalue weighted by Crippen LogP contribution is -2.30. The van der Waals surface area contributed by atoms with Gasteiger partial charge in [-0.1, -0.05) is 17.7 Å². The third-order valence-corrected chi connectivity index (χ3v) is 3.36. The van der Waals surface area contributed by atoms with Crippen LogP contribution >= 0.6 is 0 Å². The molecule has 0 atom stereocenters. The van der Waals surface area contributed by atoms with Gasteiger partial charge < -0.3 is 10.6 Å². The summed E-state index contributed by atoms with van der Waals surface area (Å²) >= 11 is 0. The van der Waals surface area contributed by atoms with Gasteiger partial charge >= 0.3 is 0 Å². The van der Waals surface area contributed by atoms with Crippen molar-refractivity contribution in [2.45, 2.75) is 40.7 Å². The lowest BCUT2D eigenvalue weighted by Gasteiger charge is -2.14. The number of hydrogen-bond acceptors (Lipinski definition) is 3. The van der Waals surface area contributed by atoms with E-state index in [4.69, 9.17) is 0 Å². The van der Waals surface area contributed by atoms with E-state index in [1.165, 1.54) is 16.7 Å². The highest BCUT2D eigenvalue weighted by Crippen LogP contribution is 2.25. The Labute approximate surface area is 132 Å². The summed E-state index contributed by atoms with van der Waals surface area (Å²) in [5.74, 6) is -0.149. The molecule has 116 valence electrons. The highest BCUT2D eigenvalue weighted by molar-refractivity contribution is 5.92. The minimum Gasteiger partial charge on any atom is -0.354 e. The third kappa shape index (κ3) is 3.85. The first-order valence-corrected chi connectivity index (χ1v) is 7.48. The van der Waals surface area contributed by atoms with Crippen LogP contribution in [0.4, 0.5) is 11.4 Å². The fourth-order valence-electron chi connectivity index (χ4n) is 2.46. The second kappa shape index (κ2) is 6.60. The van der Waals surface area contributed by atoms with Crippen LogP contribution in [0.25, 0.3) is 0 Å². The largest absolute Gasteiger partial charge is 0.354 e. The molecule has 2 aromatic rings. The standard InChI is InChI=1S/C18H23N3O/c1-11(2)20-18(22)16-7-6-15(10-19-16)21-17-13(4)8-12(3)9-14(17)5/h6-11,21H,1-5H3,(H,20,22). The zero-order valence-corrected chi connectivity index (χ0v) is 13.8. The van der Waals surface area contributed by atoms with Gasteiger partial charge in [0.2, 0.25) is 0 Å². The van der Waals surface area contributed by atoms with Gasteiger partial charge in [-0.3, -0.25) is 4.79 Å². The predicted octanol–water partition coefficient (Wildman–Crippen LogP) is 3.89. The first-order valence-electron chi connectivity index (χ1n) is 7.48. The van der Waals surface area contributed by atoms with E-state index in [1.54, 1.807) is 12.3 Å². The lowest BCUT2D eigenvalue weighted by molar-refractivity contribution is 0.0938. The third-order valence-electron chi connectivity index (χ3n) is 3.36. The first kappa shape index (κ1) is 16.0. The highest BCUT2D eigenvalue weighted by atomic mass is 16.1. The van der Waals surface area contributed by atoms with Gasteiger partial charge in [0.25, 0.3) is 5.91 Å². The Hall–Kier alpha value is -2.36. The second-order valence-corrected chi connectivity index (χ2v) is 5.96. The summed E-state index contributed by atoms with van der Waals surface area (Å²) in [5, 5.41) is 6.21. The molecule has 0 aliphatic heterocycles. The molecule has 0 unspecified atom stereocenters. The van der Waals surface area contributed by atoms with E-state index >= 15 is 0 Å². The number of carbonyl (C=O) groups excluding carboxylic acids is 1. The number of hydrogen-bond donors (Lipinski definition) is 2. The number of anilines is 2. The van der Waals surface area contributed by atoms with E-state index in [1.807, 2.05) is 19.9 Å². The van der Waals surface area contributed by atoms with Gasteiger partial charge in [0.05, 0.1) is 11.9 Å². The molecule has 2 rings (SSSR count). The van der Waals surface area contributed by atoms with Crippen molar-refractivity contribution in [2.24, 2.45) is 0 Å². The van der Waals surface area contributed by atoms with Crippen LogP contribution in [-0.2, 0) is 0 Å². The maximum atomic E-state index is 11.9. The van der Waals surface area contributed by atoms with Gasteiger partial charge in [-0.15, -0.1) is 0 Å². The molecule has 1 aromatic heterocycles. The van der Waals surface area contributed by atoms with Crippen LogP contribution in [0.1, 0.15) is 41.0 Å². The van der Waals surface area contributed by atoms with E-state index < -0.39 is 0 Å². The molecule has 0 bridgehead atoms.